The van der Waals surface area contributed by atoms with E-state index in [2.05, 4.69) is 42.5 Å². The molecule has 3 heterocycles. The molecule has 0 atom stereocenters. The lowest BCUT2D eigenvalue weighted by Crippen LogP contribution is -2.13. The van der Waals surface area contributed by atoms with Crippen molar-refractivity contribution < 1.29 is 9.53 Å². The van der Waals surface area contributed by atoms with Crippen molar-refractivity contribution in [2.75, 3.05) is 12.4 Å². The van der Waals surface area contributed by atoms with Crippen molar-refractivity contribution >= 4 is 34.0 Å². The van der Waals surface area contributed by atoms with Gasteiger partial charge in [0, 0.05) is 22.6 Å². The van der Waals surface area contributed by atoms with E-state index in [1.807, 2.05) is 19.1 Å². The van der Waals surface area contributed by atoms with Gasteiger partial charge in [-0.2, -0.15) is 5.10 Å². The van der Waals surface area contributed by atoms with Crippen LogP contribution in [0.3, 0.4) is 0 Å². The van der Waals surface area contributed by atoms with E-state index >= 15 is 0 Å². The van der Waals surface area contributed by atoms with Gasteiger partial charge in [-0.05, 0) is 55.0 Å². The van der Waals surface area contributed by atoms with Crippen molar-refractivity contribution in [3.8, 4) is 40.0 Å². The second kappa shape index (κ2) is 9.25. The minimum atomic E-state index is -0.337. The van der Waals surface area contributed by atoms with Gasteiger partial charge in [-0.1, -0.05) is 34.9 Å². The average molecular weight is 491 g/mol. The van der Waals surface area contributed by atoms with E-state index in [1.165, 1.54) is 17.5 Å². The van der Waals surface area contributed by atoms with Crippen LogP contribution in [0.15, 0.2) is 36.7 Å². The van der Waals surface area contributed by atoms with Gasteiger partial charge in [0.05, 0.1) is 25.2 Å². The number of H-pyrrole nitrogens is 1. The molecule has 0 aliphatic heterocycles. The fourth-order valence-electron chi connectivity index (χ4n) is 3.43. The van der Waals surface area contributed by atoms with Gasteiger partial charge in [0.25, 0.3) is 5.91 Å². The van der Waals surface area contributed by atoms with Crippen LogP contribution >= 0.6 is 22.9 Å². The van der Waals surface area contributed by atoms with Crippen LogP contribution in [-0.4, -0.2) is 38.4 Å². The van der Waals surface area contributed by atoms with E-state index in [4.69, 9.17) is 16.3 Å². The Hall–Kier alpha value is -3.74. The molecule has 4 aromatic rings. The van der Waals surface area contributed by atoms with Crippen LogP contribution in [0.4, 0.5) is 5.13 Å². The van der Waals surface area contributed by atoms with Crippen molar-refractivity contribution in [2.45, 2.75) is 19.8 Å². The van der Waals surface area contributed by atoms with Gasteiger partial charge in [0.1, 0.15) is 10.9 Å². The summed E-state index contributed by atoms with van der Waals surface area (Å²) in [5, 5.41) is 19.3. The Labute approximate surface area is 204 Å². The number of nitrogens with zero attached hydrogens (tertiary/aromatic N) is 4. The number of benzene rings is 1. The molecule has 2 N–H and O–H groups in total. The summed E-state index contributed by atoms with van der Waals surface area (Å²) in [7, 11) is 1.54. The number of carbonyl (C=O) groups is 1. The molecular formula is C24H19ClN6O2S. The normalized spacial score (nSPS) is 12.7. The Bertz CT molecular complexity index is 1450. The number of aromatic amines is 1. The highest BCUT2D eigenvalue weighted by Gasteiger charge is 2.21. The number of pyridine rings is 1. The summed E-state index contributed by atoms with van der Waals surface area (Å²) in [5.74, 6) is 6.79. The zero-order valence-corrected chi connectivity index (χ0v) is 19.9. The van der Waals surface area contributed by atoms with E-state index in [0.717, 1.165) is 29.7 Å². The predicted octanol–water partition coefficient (Wildman–Crippen LogP) is 4.97. The monoisotopic (exact) mass is 490 g/mol. The average Bonchev–Trinajstić information content (AvgIpc) is 3.41. The molecule has 34 heavy (non-hydrogen) atoms. The third-order valence-corrected chi connectivity index (χ3v) is 6.29. The van der Waals surface area contributed by atoms with Gasteiger partial charge in [-0.15, -0.1) is 10.2 Å². The number of aromatic nitrogens is 5. The number of hydrogen-bond acceptors (Lipinski definition) is 7. The van der Waals surface area contributed by atoms with Crippen molar-refractivity contribution in [3.63, 3.8) is 0 Å². The van der Waals surface area contributed by atoms with E-state index in [0.29, 0.717) is 38.5 Å². The first kappa shape index (κ1) is 22.1. The second-order valence-electron chi connectivity index (χ2n) is 7.81. The molecule has 1 amide bonds. The molecule has 8 nitrogen and oxygen atoms in total. The smallest absolute Gasteiger partial charge is 0.258 e. The maximum atomic E-state index is 13.3. The van der Waals surface area contributed by atoms with Gasteiger partial charge in [-0.25, -0.2) is 4.98 Å². The number of carbonyl (C=O) groups excluding carboxylic acids is 1. The van der Waals surface area contributed by atoms with Gasteiger partial charge in [0.2, 0.25) is 5.13 Å². The molecule has 0 bridgehead atoms. The van der Waals surface area contributed by atoms with Crippen molar-refractivity contribution in [1.29, 1.82) is 0 Å². The fourth-order valence-corrected chi connectivity index (χ4v) is 4.19. The van der Waals surface area contributed by atoms with Crippen molar-refractivity contribution in [2.24, 2.45) is 5.92 Å². The molecule has 0 unspecified atom stereocenters. The summed E-state index contributed by atoms with van der Waals surface area (Å²) in [6.07, 6.45) is 5.55. The van der Waals surface area contributed by atoms with Crippen LogP contribution in [-0.2, 0) is 0 Å². The summed E-state index contributed by atoms with van der Waals surface area (Å²) >= 11 is 7.44. The van der Waals surface area contributed by atoms with Crippen LogP contribution in [0.1, 0.15) is 33.8 Å². The number of anilines is 1. The molecule has 170 valence electrons. The number of aryl methyl sites for hydroxylation is 1. The highest BCUT2D eigenvalue weighted by atomic mass is 35.5. The number of ether oxygens (including phenoxy) is 1. The summed E-state index contributed by atoms with van der Waals surface area (Å²) in [5.41, 5.74) is 4.39. The number of hydrogen-bond donors (Lipinski definition) is 2. The Morgan fingerprint density at radius 2 is 2.09 bits per heavy atom. The molecule has 3 aromatic heterocycles. The van der Waals surface area contributed by atoms with Gasteiger partial charge < -0.3 is 4.74 Å². The number of methoxy groups -OCH3 is 1. The van der Waals surface area contributed by atoms with E-state index in [9.17, 15) is 4.79 Å². The van der Waals surface area contributed by atoms with Crippen LogP contribution < -0.4 is 10.1 Å². The first-order valence-corrected chi connectivity index (χ1v) is 11.7. The number of halogens is 1. The van der Waals surface area contributed by atoms with Gasteiger partial charge in [-0.3, -0.25) is 15.2 Å². The largest absolute Gasteiger partial charge is 0.494 e. The van der Waals surface area contributed by atoms with Crippen molar-refractivity contribution in [3.05, 3.63) is 57.9 Å². The van der Waals surface area contributed by atoms with Crippen LogP contribution in [0.5, 0.6) is 5.75 Å². The fraction of sp³-hybridized carbons (Fsp3) is 0.208. The minimum absolute atomic E-state index is 0.285. The minimum Gasteiger partial charge on any atom is -0.494 e. The summed E-state index contributed by atoms with van der Waals surface area (Å²) in [6.45, 7) is 1.96. The molecule has 1 aliphatic rings. The van der Waals surface area contributed by atoms with Crippen LogP contribution in [0.2, 0.25) is 5.15 Å². The molecule has 0 spiro atoms. The quantitative estimate of drug-likeness (QED) is 0.302. The highest BCUT2D eigenvalue weighted by Crippen LogP contribution is 2.37. The second-order valence-corrected chi connectivity index (χ2v) is 9.17. The molecule has 1 aromatic carbocycles. The molecular weight excluding hydrogens is 472 g/mol. The van der Waals surface area contributed by atoms with E-state index < -0.39 is 0 Å². The predicted molar refractivity (Wildman–Crippen MR) is 131 cm³/mol. The lowest BCUT2D eigenvalue weighted by atomic mass is 9.95. The van der Waals surface area contributed by atoms with Crippen LogP contribution in [0.25, 0.3) is 22.4 Å². The Kier molecular flexibility index (Phi) is 6.01. The first-order valence-electron chi connectivity index (χ1n) is 10.5. The third kappa shape index (κ3) is 4.64. The SMILES string of the molecule is COc1cnc(Cl)cc1-c1cc(-c2[nH]ncc2C)ccc1C(=O)Nc1nnc(C#CC2CC2)s1. The molecule has 1 aliphatic carbocycles. The third-order valence-electron chi connectivity index (χ3n) is 5.33. The summed E-state index contributed by atoms with van der Waals surface area (Å²) in [4.78, 5) is 17.4. The zero-order chi connectivity index (χ0) is 23.7. The Balaban J connectivity index is 1.53. The Morgan fingerprint density at radius 1 is 1.24 bits per heavy atom. The maximum absolute atomic E-state index is 13.3. The maximum Gasteiger partial charge on any atom is 0.258 e. The Morgan fingerprint density at radius 3 is 2.82 bits per heavy atom. The lowest BCUT2D eigenvalue weighted by Gasteiger charge is -2.14. The van der Waals surface area contributed by atoms with Gasteiger partial charge >= 0.3 is 0 Å². The zero-order valence-electron chi connectivity index (χ0n) is 18.3. The molecule has 1 saturated carbocycles. The summed E-state index contributed by atoms with van der Waals surface area (Å²) in [6, 6.07) is 7.19. The summed E-state index contributed by atoms with van der Waals surface area (Å²) < 4.78 is 5.51. The first-order chi connectivity index (χ1) is 16.5. The van der Waals surface area contributed by atoms with Crippen molar-refractivity contribution in [1.82, 2.24) is 25.4 Å². The van der Waals surface area contributed by atoms with E-state index in [1.54, 1.807) is 25.4 Å². The number of amides is 1. The molecule has 0 saturated heterocycles. The number of nitrogens with one attached hydrogen (secondary N) is 2. The van der Waals surface area contributed by atoms with Gasteiger partial charge in [0.15, 0.2) is 5.01 Å². The standard InChI is InChI=1S/C24H19ClN6O2S/c1-13-11-27-30-22(13)15-6-7-16(17(9-15)18-10-20(25)26-12-19(18)33-2)23(32)28-24-31-29-21(34-24)8-5-14-3-4-14/h6-7,9-12,14H,3-4H2,1-2H3,(H,27,30)(H,28,31,32). The van der Waals surface area contributed by atoms with Crippen LogP contribution in [0, 0.1) is 24.7 Å². The highest BCUT2D eigenvalue weighted by molar-refractivity contribution is 7.15. The molecule has 1 fully saturated rings. The van der Waals surface area contributed by atoms with E-state index in [-0.39, 0.29) is 11.1 Å². The molecule has 10 heteroatoms. The topological polar surface area (TPSA) is 106 Å². The number of rotatable bonds is 5. The molecule has 5 rings (SSSR count). The lowest BCUT2D eigenvalue weighted by molar-refractivity contribution is 0.102. The molecule has 0 radical (unpaired) electrons.